The summed E-state index contributed by atoms with van der Waals surface area (Å²) in [5.41, 5.74) is 4.42. The Morgan fingerprint density at radius 2 is 1.70 bits per heavy atom. The van der Waals surface area contributed by atoms with Crippen LogP contribution in [0.4, 0.5) is 9.18 Å². The van der Waals surface area contributed by atoms with E-state index in [1.807, 2.05) is 48.5 Å². The Labute approximate surface area is 409 Å². The van der Waals surface area contributed by atoms with E-state index >= 15 is 0 Å². The maximum Gasteiger partial charge on any atom is 0.410 e. The molecule has 1 amide bonds. The monoisotopic (exact) mass is 960 g/mol. The van der Waals surface area contributed by atoms with Crippen LogP contribution in [0.15, 0.2) is 127 Å². The molecule has 2 fully saturated rings. The van der Waals surface area contributed by atoms with Crippen LogP contribution >= 0.6 is 0 Å². The molecule has 0 radical (unpaired) electrons. The first-order chi connectivity index (χ1) is 34.3. The molecule has 1 saturated carbocycles. The van der Waals surface area contributed by atoms with Crippen molar-refractivity contribution in [2.45, 2.75) is 101 Å². The molecule has 1 saturated heterocycles. The van der Waals surface area contributed by atoms with Crippen molar-refractivity contribution < 1.29 is 57.5 Å². The molecule has 0 spiro atoms. The van der Waals surface area contributed by atoms with Gasteiger partial charge in [-0.1, -0.05) is 84.7 Å². The number of oxime groups is 1. The first kappa shape index (κ1) is 50.5. The average Bonchev–Trinajstić information content (AvgIpc) is 3.39. The molecule has 2 heterocycles. The van der Waals surface area contributed by atoms with Crippen molar-refractivity contribution in [3.05, 3.63) is 149 Å². The van der Waals surface area contributed by atoms with Crippen molar-refractivity contribution in [3.8, 4) is 17.2 Å². The van der Waals surface area contributed by atoms with Crippen LogP contribution < -0.4 is 9.47 Å². The third-order valence-electron chi connectivity index (χ3n) is 13.7. The van der Waals surface area contributed by atoms with Gasteiger partial charge in [-0.15, -0.1) is 6.58 Å². The number of benzene rings is 4. The zero-order chi connectivity index (χ0) is 48.7. The number of amides is 1. The van der Waals surface area contributed by atoms with Gasteiger partial charge in [0, 0.05) is 49.6 Å². The number of rotatable bonds is 24. The number of aliphatic hydroxyl groups excluding tert-OH is 2. The van der Waals surface area contributed by atoms with Gasteiger partial charge in [0.1, 0.15) is 42.0 Å². The molecule has 2 N–H and O–H groups in total. The fourth-order valence-electron chi connectivity index (χ4n) is 10.5. The first-order valence-electron chi connectivity index (χ1n) is 24.7. The summed E-state index contributed by atoms with van der Waals surface area (Å²) in [5.74, 6) is -1.48. The predicted octanol–water partition coefficient (Wildman–Crippen LogP) is 10.4. The Balaban J connectivity index is 1.28. The molecule has 4 aromatic rings. The van der Waals surface area contributed by atoms with Crippen molar-refractivity contribution >= 4 is 18.1 Å². The van der Waals surface area contributed by atoms with Crippen LogP contribution in [-0.4, -0.2) is 91.0 Å². The second kappa shape index (κ2) is 24.8. The van der Waals surface area contributed by atoms with Gasteiger partial charge in [-0.2, -0.15) is 0 Å². The van der Waals surface area contributed by atoms with E-state index < -0.39 is 35.9 Å². The fraction of sp³-hybridized carbons (Fsp3) is 0.446. The number of fused-ring (bicyclic) bond motifs is 2. The highest BCUT2D eigenvalue weighted by atomic mass is 19.1. The number of carbonyl (C=O) groups is 2. The molecular weight excluding hydrogens is 896 g/mol. The smallest absolute Gasteiger partial charge is 0.410 e. The summed E-state index contributed by atoms with van der Waals surface area (Å²) in [4.78, 5) is 34.6. The topological polar surface area (TPSA) is 155 Å². The fourth-order valence-corrected chi connectivity index (χ4v) is 10.5. The van der Waals surface area contributed by atoms with E-state index in [1.165, 1.54) is 12.1 Å². The number of carbonyl (C=O) groups excluding carboxylic acids is 2. The van der Waals surface area contributed by atoms with Gasteiger partial charge in [0.05, 0.1) is 38.1 Å². The standard InChI is InChI=1S/C56H65FN2O11/c1-2-28-67-56-51(59(36-39-20-22-43(57)23-21-39)55(63)66-31-30-64-38-40-13-4-3-5-14-40)35-49(58-70-52-19-8-11-29-65-52)47-33-42(16-6-9-26-60)46(18-7-10-27-61)53(54(47)56)48-34-45(24-25-50(48)69-56)68-44-17-12-15-41(32-44)37-62/h2-5,12-15,17,20-25,32-34,37,42,46,51-54,60-61H,1,6-11,16,18-19,26-31,35-36,38H2. The van der Waals surface area contributed by atoms with E-state index in [-0.39, 0.29) is 63.8 Å². The zero-order valence-corrected chi connectivity index (χ0v) is 39.7. The summed E-state index contributed by atoms with van der Waals surface area (Å²) in [6.45, 7) is 5.17. The number of hydrogen-bond acceptors (Lipinski definition) is 12. The van der Waals surface area contributed by atoms with Crippen LogP contribution in [0.5, 0.6) is 17.2 Å². The maximum atomic E-state index is 15.0. The molecule has 4 aliphatic rings. The van der Waals surface area contributed by atoms with Gasteiger partial charge in [0.2, 0.25) is 12.1 Å². The Morgan fingerprint density at radius 1 is 0.900 bits per heavy atom. The van der Waals surface area contributed by atoms with E-state index in [9.17, 15) is 24.2 Å². The molecule has 2 aliphatic heterocycles. The SMILES string of the molecule is C=CCOC12Oc3ccc(Oc4cccc(C=O)c4)cc3C3C(CCCCO)C(CCCCO)C=C(C(=NOC4CCCCO4)CC1N(Cc1ccc(F)cc1)C(=O)OCCOCc1ccccc1)C32. The number of hydrogen-bond donors (Lipinski definition) is 2. The summed E-state index contributed by atoms with van der Waals surface area (Å²) >= 11 is 0. The van der Waals surface area contributed by atoms with Crippen LogP contribution in [0, 0.1) is 23.6 Å². The van der Waals surface area contributed by atoms with E-state index in [0.717, 1.165) is 61.5 Å². The molecule has 14 heteroatoms. The molecule has 0 aromatic heterocycles. The average molecular weight is 961 g/mol. The summed E-state index contributed by atoms with van der Waals surface area (Å²) in [7, 11) is 0. The summed E-state index contributed by atoms with van der Waals surface area (Å²) in [6, 6.07) is 27.4. The van der Waals surface area contributed by atoms with Gasteiger partial charge in [-0.3, -0.25) is 9.69 Å². The summed E-state index contributed by atoms with van der Waals surface area (Å²) in [6.07, 6.45) is 10.3. The predicted molar refractivity (Wildman–Crippen MR) is 261 cm³/mol. The van der Waals surface area contributed by atoms with E-state index in [1.54, 1.807) is 47.4 Å². The van der Waals surface area contributed by atoms with Gasteiger partial charge < -0.3 is 43.5 Å². The van der Waals surface area contributed by atoms with Crippen LogP contribution in [0.2, 0.25) is 0 Å². The summed E-state index contributed by atoms with van der Waals surface area (Å²) in [5, 5.41) is 25.0. The molecule has 70 heavy (non-hydrogen) atoms. The van der Waals surface area contributed by atoms with Gasteiger partial charge in [-0.25, -0.2) is 9.18 Å². The van der Waals surface area contributed by atoms with Crippen LogP contribution in [0.25, 0.3) is 0 Å². The first-order valence-corrected chi connectivity index (χ1v) is 24.7. The highest BCUT2D eigenvalue weighted by molar-refractivity contribution is 6.03. The van der Waals surface area contributed by atoms with Crippen molar-refractivity contribution in [1.29, 1.82) is 0 Å². The molecule has 0 bridgehead atoms. The van der Waals surface area contributed by atoms with Crippen molar-refractivity contribution in [2.24, 2.45) is 22.9 Å². The molecular formula is C56H65FN2O11. The molecule has 4 aromatic carbocycles. The van der Waals surface area contributed by atoms with Gasteiger partial charge in [0.25, 0.3) is 0 Å². The maximum absolute atomic E-state index is 15.0. The normalized spacial score (nSPS) is 24.0. The molecule has 2 aliphatic carbocycles. The number of aliphatic hydroxyl groups is 2. The number of ether oxygens (including phenoxy) is 6. The van der Waals surface area contributed by atoms with E-state index in [0.29, 0.717) is 66.6 Å². The Hall–Kier alpha value is -5.90. The van der Waals surface area contributed by atoms with Crippen LogP contribution in [0.1, 0.15) is 97.2 Å². The molecule has 13 nitrogen and oxygen atoms in total. The molecule has 372 valence electrons. The van der Waals surface area contributed by atoms with Crippen molar-refractivity contribution in [1.82, 2.24) is 4.90 Å². The summed E-state index contributed by atoms with van der Waals surface area (Å²) < 4.78 is 53.5. The molecule has 7 atom stereocenters. The minimum atomic E-state index is -1.59. The Kier molecular flexibility index (Phi) is 17.9. The van der Waals surface area contributed by atoms with Gasteiger partial charge >= 0.3 is 6.09 Å². The van der Waals surface area contributed by atoms with Gasteiger partial charge in [0.15, 0.2) is 0 Å². The molecule has 8 rings (SSSR count). The largest absolute Gasteiger partial charge is 0.459 e. The minimum absolute atomic E-state index is 0.00325. The number of halogens is 1. The number of nitrogens with zero attached hydrogens (tertiary/aromatic N) is 2. The lowest BCUT2D eigenvalue weighted by Crippen LogP contribution is -2.70. The third kappa shape index (κ3) is 12.2. The lowest BCUT2D eigenvalue weighted by molar-refractivity contribution is -0.256. The highest BCUT2D eigenvalue weighted by Gasteiger charge is 2.66. The lowest BCUT2D eigenvalue weighted by atomic mass is 9.55. The van der Waals surface area contributed by atoms with Crippen LogP contribution in [-0.2, 0) is 36.9 Å². The lowest BCUT2D eigenvalue weighted by Gasteiger charge is -2.59. The Morgan fingerprint density at radius 3 is 2.46 bits per heavy atom. The minimum Gasteiger partial charge on any atom is -0.459 e. The number of unbranched alkanes of at least 4 members (excludes halogenated alkanes) is 2. The highest BCUT2D eigenvalue weighted by Crippen LogP contribution is 2.62. The number of aldehydes is 1. The van der Waals surface area contributed by atoms with Crippen molar-refractivity contribution in [3.63, 3.8) is 0 Å². The second-order valence-corrected chi connectivity index (χ2v) is 18.4. The van der Waals surface area contributed by atoms with E-state index in [2.05, 4.69) is 12.7 Å². The van der Waals surface area contributed by atoms with Crippen LogP contribution in [0.3, 0.4) is 0 Å². The van der Waals surface area contributed by atoms with Gasteiger partial charge in [-0.05, 0) is 110 Å². The zero-order valence-electron chi connectivity index (χ0n) is 39.7. The molecule has 7 unspecified atom stereocenters. The number of allylic oxidation sites excluding steroid dienone is 1. The third-order valence-corrected chi connectivity index (χ3v) is 13.7. The van der Waals surface area contributed by atoms with E-state index in [4.69, 9.17) is 38.4 Å². The second-order valence-electron chi connectivity index (χ2n) is 18.4. The quantitative estimate of drug-likeness (QED) is 0.0298. The Bertz CT molecular complexity index is 2410. The van der Waals surface area contributed by atoms with Crippen molar-refractivity contribution in [2.75, 3.05) is 39.6 Å².